The van der Waals surface area contributed by atoms with Crippen LogP contribution >= 0.6 is 11.3 Å². The number of anilines is 1. The zero-order valence-corrected chi connectivity index (χ0v) is 16.6. The molecule has 2 aromatic carbocycles. The Balaban J connectivity index is 1.47. The second kappa shape index (κ2) is 9.07. The number of thiazole rings is 1. The van der Waals surface area contributed by atoms with E-state index in [0.29, 0.717) is 10.8 Å². The third kappa shape index (κ3) is 5.97. The molecule has 1 heterocycles. The predicted molar refractivity (Wildman–Crippen MR) is 109 cm³/mol. The molecule has 1 amide bonds. The number of hydrogen-bond acceptors (Lipinski definition) is 5. The van der Waals surface area contributed by atoms with Crippen molar-refractivity contribution >= 4 is 32.2 Å². The fourth-order valence-electron chi connectivity index (χ4n) is 2.62. The van der Waals surface area contributed by atoms with E-state index in [1.54, 1.807) is 41.8 Å². The van der Waals surface area contributed by atoms with Gasteiger partial charge >= 0.3 is 0 Å². The standard InChI is InChI=1S/C20H19FN2O3S2/c21-17-10-8-16(9-11-17)18-13-27-20(22-18)23-19(24)7-4-12-28(25,26)14-15-5-2-1-3-6-15/h1-3,5-6,8-11,13H,4,7,12,14H2,(H,22,23,24). The molecule has 5 nitrogen and oxygen atoms in total. The lowest BCUT2D eigenvalue weighted by molar-refractivity contribution is -0.116. The summed E-state index contributed by atoms with van der Waals surface area (Å²) in [5, 5.41) is 4.88. The van der Waals surface area contributed by atoms with Crippen molar-refractivity contribution in [2.75, 3.05) is 11.1 Å². The fourth-order valence-corrected chi connectivity index (χ4v) is 4.78. The van der Waals surface area contributed by atoms with Crippen LogP contribution in [0.15, 0.2) is 60.0 Å². The van der Waals surface area contributed by atoms with E-state index in [4.69, 9.17) is 0 Å². The number of carbonyl (C=O) groups excluding carboxylic acids is 1. The Labute approximate surface area is 167 Å². The summed E-state index contributed by atoms with van der Waals surface area (Å²) in [6.45, 7) is 0. The van der Waals surface area contributed by atoms with Gasteiger partial charge in [0.25, 0.3) is 0 Å². The number of nitrogens with zero attached hydrogens (tertiary/aromatic N) is 1. The minimum atomic E-state index is -3.26. The SMILES string of the molecule is O=C(CCCS(=O)(=O)Cc1ccccc1)Nc1nc(-c2ccc(F)cc2)cs1. The lowest BCUT2D eigenvalue weighted by Crippen LogP contribution is -2.15. The van der Waals surface area contributed by atoms with Gasteiger partial charge in [0, 0.05) is 17.4 Å². The molecule has 0 aliphatic carbocycles. The Morgan fingerprint density at radius 2 is 1.79 bits per heavy atom. The molecule has 0 fully saturated rings. The molecule has 3 aromatic rings. The summed E-state index contributed by atoms with van der Waals surface area (Å²) >= 11 is 1.26. The summed E-state index contributed by atoms with van der Waals surface area (Å²) in [7, 11) is -3.26. The summed E-state index contributed by atoms with van der Waals surface area (Å²) < 4.78 is 37.3. The summed E-state index contributed by atoms with van der Waals surface area (Å²) in [6, 6.07) is 14.9. The summed E-state index contributed by atoms with van der Waals surface area (Å²) in [6.07, 6.45) is 0.344. The summed E-state index contributed by atoms with van der Waals surface area (Å²) in [4.78, 5) is 16.4. The minimum Gasteiger partial charge on any atom is -0.302 e. The van der Waals surface area contributed by atoms with E-state index in [9.17, 15) is 17.6 Å². The Hall–Kier alpha value is -2.58. The van der Waals surface area contributed by atoms with Gasteiger partial charge in [-0.05, 0) is 36.2 Å². The minimum absolute atomic E-state index is 0.0248. The Kier molecular flexibility index (Phi) is 6.53. The number of sulfone groups is 1. The average Bonchev–Trinajstić information content (AvgIpc) is 3.11. The topological polar surface area (TPSA) is 76.1 Å². The Morgan fingerprint density at radius 3 is 2.50 bits per heavy atom. The van der Waals surface area contributed by atoms with Crippen LogP contribution in [-0.2, 0) is 20.4 Å². The highest BCUT2D eigenvalue weighted by Gasteiger charge is 2.14. The molecule has 0 saturated carbocycles. The number of rotatable bonds is 8. The molecule has 0 saturated heterocycles. The van der Waals surface area contributed by atoms with Crippen LogP contribution < -0.4 is 5.32 Å². The van der Waals surface area contributed by atoms with Crippen LogP contribution in [0.2, 0.25) is 0 Å². The van der Waals surface area contributed by atoms with Crippen molar-refractivity contribution in [1.82, 2.24) is 4.98 Å². The fraction of sp³-hybridized carbons (Fsp3) is 0.200. The Bertz CT molecular complexity index is 1030. The van der Waals surface area contributed by atoms with Gasteiger partial charge in [-0.2, -0.15) is 0 Å². The molecule has 0 radical (unpaired) electrons. The molecular weight excluding hydrogens is 399 g/mol. The molecule has 146 valence electrons. The molecule has 1 aromatic heterocycles. The highest BCUT2D eigenvalue weighted by Crippen LogP contribution is 2.25. The molecular formula is C20H19FN2O3S2. The van der Waals surface area contributed by atoms with Gasteiger partial charge in [0.1, 0.15) is 5.82 Å². The number of benzene rings is 2. The average molecular weight is 419 g/mol. The highest BCUT2D eigenvalue weighted by molar-refractivity contribution is 7.90. The van der Waals surface area contributed by atoms with Crippen LogP contribution in [0.3, 0.4) is 0 Å². The van der Waals surface area contributed by atoms with Gasteiger partial charge in [0.05, 0.1) is 17.2 Å². The first kappa shape index (κ1) is 20.2. The lowest BCUT2D eigenvalue weighted by atomic mass is 10.2. The first-order chi connectivity index (χ1) is 13.4. The number of amides is 1. The first-order valence-corrected chi connectivity index (χ1v) is 11.4. The van der Waals surface area contributed by atoms with Crippen molar-refractivity contribution in [2.24, 2.45) is 0 Å². The van der Waals surface area contributed by atoms with Crippen LogP contribution in [0.5, 0.6) is 0 Å². The predicted octanol–water partition coefficient (Wildman–Crippen LogP) is 4.28. The van der Waals surface area contributed by atoms with E-state index in [1.807, 2.05) is 6.07 Å². The third-order valence-electron chi connectivity index (χ3n) is 3.98. The number of nitrogens with one attached hydrogen (secondary N) is 1. The Morgan fingerprint density at radius 1 is 1.07 bits per heavy atom. The molecule has 0 unspecified atom stereocenters. The molecule has 0 bridgehead atoms. The van der Waals surface area contributed by atoms with E-state index in [2.05, 4.69) is 10.3 Å². The molecule has 0 aliphatic heterocycles. The van der Waals surface area contributed by atoms with E-state index >= 15 is 0 Å². The molecule has 0 atom stereocenters. The molecule has 0 spiro atoms. The van der Waals surface area contributed by atoms with Crippen molar-refractivity contribution in [1.29, 1.82) is 0 Å². The monoisotopic (exact) mass is 418 g/mol. The van der Waals surface area contributed by atoms with Gasteiger partial charge in [-0.3, -0.25) is 4.79 Å². The maximum Gasteiger partial charge on any atom is 0.226 e. The van der Waals surface area contributed by atoms with Crippen molar-refractivity contribution in [3.63, 3.8) is 0 Å². The maximum absolute atomic E-state index is 13.0. The quantitative estimate of drug-likeness (QED) is 0.592. The van der Waals surface area contributed by atoms with Crippen LogP contribution in [0.1, 0.15) is 18.4 Å². The number of hydrogen-bond donors (Lipinski definition) is 1. The normalized spacial score (nSPS) is 11.3. The molecule has 1 N–H and O–H groups in total. The zero-order chi connectivity index (χ0) is 20.0. The van der Waals surface area contributed by atoms with E-state index in [0.717, 1.165) is 11.1 Å². The largest absolute Gasteiger partial charge is 0.302 e. The van der Waals surface area contributed by atoms with Gasteiger partial charge in [0.15, 0.2) is 15.0 Å². The number of aromatic nitrogens is 1. The van der Waals surface area contributed by atoms with Crippen LogP contribution in [0.25, 0.3) is 11.3 Å². The van der Waals surface area contributed by atoms with Gasteiger partial charge in [-0.1, -0.05) is 30.3 Å². The smallest absolute Gasteiger partial charge is 0.226 e. The second-order valence-electron chi connectivity index (χ2n) is 6.27. The van der Waals surface area contributed by atoms with Crippen molar-refractivity contribution in [3.05, 3.63) is 71.4 Å². The highest BCUT2D eigenvalue weighted by atomic mass is 32.2. The van der Waals surface area contributed by atoms with Crippen molar-refractivity contribution < 1.29 is 17.6 Å². The molecule has 0 aliphatic rings. The maximum atomic E-state index is 13.0. The molecule has 8 heteroatoms. The third-order valence-corrected chi connectivity index (χ3v) is 6.42. The molecule has 28 heavy (non-hydrogen) atoms. The van der Waals surface area contributed by atoms with Crippen LogP contribution in [-0.4, -0.2) is 25.1 Å². The summed E-state index contributed by atoms with van der Waals surface area (Å²) in [5.74, 6) is -0.679. The van der Waals surface area contributed by atoms with Gasteiger partial charge in [-0.25, -0.2) is 17.8 Å². The van der Waals surface area contributed by atoms with Crippen molar-refractivity contribution in [2.45, 2.75) is 18.6 Å². The summed E-state index contributed by atoms with van der Waals surface area (Å²) in [5.41, 5.74) is 2.14. The van der Waals surface area contributed by atoms with Gasteiger partial charge in [0.2, 0.25) is 5.91 Å². The van der Waals surface area contributed by atoms with Crippen molar-refractivity contribution in [3.8, 4) is 11.3 Å². The van der Waals surface area contributed by atoms with Gasteiger partial charge in [-0.15, -0.1) is 11.3 Å². The zero-order valence-electron chi connectivity index (χ0n) is 15.0. The van der Waals surface area contributed by atoms with Crippen LogP contribution in [0, 0.1) is 5.82 Å². The van der Waals surface area contributed by atoms with Gasteiger partial charge < -0.3 is 5.32 Å². The lowest BCUT2D eigenvalue weighted by Gasteiger charge is -2.05. The number of carbonyl (C=O) groups is 1. The van der Waals surface area contributed by atoms with E-state index < -0.39 is 9.84 Å². The van der Waals surface area contributed by atoms with E-state index in [1.165, 1.54) is 23.5 Å². The first-order valence-electron chi connectivity index (χ1n) is 8.67. The molecule has 3 rings (SSSR count). The number of halogens is 1. The van der Waals surface area contributed by atoms with Crippen LogP contribution in [0.4, 0.5) is 9.52 Å². The second-order valence-corrected chi connectivity index (χ2v) is 9.32. The van der Waals surface area contributed by atoms with E-state index in [-0.39, 0.29) is 36.1 Å².